The van der Waals surface area contributed by atoms with Crippen LogP contribution in [-0.4, -0.2) is 22.4 Å². The summed E-state index contributed by atoms with van der Waals surface area (Å²) >= 11 is 0. The zero-order chi connectivity index (χ0) is 11.3. The summed E-state index contributed by atoms with van der Waals surface area (Å²) in [5, 5.41) is 9.44. The molecule has 0 spiro atoms. The van der Waals surface area contributed by atoms with Gasteiger partial charge < -0.3 is 5.32 Å². The molecule has 5 nitrogen and oxygen atoms in total. The molecular formula is C10H16N4O. The summed E-state index contributed by atoms with van der Waals surface area (Å²) in [6.45, 7) is 7.96. The van der Waals surface area contributed by atoms with E-state index in [1.165, 1.54) is 0 Å². The number of nitrogens with one attached hydrogen (secondary N) is 2. The minimum Gasteiger partial charge on any atom is -0.334 e. The van der Waals surface area contributed by atoms with Gasteiger partial charge in [-0.25, -0.2) is 9.48 Å². The van der Waals surface area contributed by atoms with Crippen molar-refractivity contribution in [2.45, 2.75) is 19.9 Å². The lowest BCUT2D eigenvalue weighted by molar-refractivity contribution is 0.252. The highest BCUT2D eigenvalue weighted by atomic mass is 16.2. The number of aromatic nitrogens is 2. The predicted molar refractivity (Wildman–Crippen MR) is 59.8 cm³/mol. The molecule has 1 rings (SSSR count). The number of amides is 2. The van der Waals surface area contributed by atoms with Gasteiger partial charge in [0.2, 0.25) is 0 Å². The largest absolute Gasteiger partial charge is 0.334 e. The molecule has 0 aliphatic rings. The van der Waals surface area contributed by atoms with Crippen LogP contribution >= 0.6 is 0 Å². The van der Waals surface area contributed by atoms with E-state index < -0.39 is 0 Å². The number of carbonyl (C=O) groups is 1. The number of urea groups is 1. The molecule has 0 unspecified atom stereocenters. The molecule has 0 fully saturated rings. The molecule has 0 atom stereocenters. The molecule has 82 valence electrons. The van der Waals surface area contributed by atoms with Gasteiger partial charge in [-0.1, -0.05) is 6.08 Å². The fraction of sp³-hybridized carbons (Fsp3) is 0.400. The molecule has 15 heavy (non-hydrogen) atoms. The van der Waals surface area contributed by atoms with E-state index in [1.54, 1.807) is 23.0 Å². The first-order valence-corrected chi connectivity index (χ1v) is 4.84. The van der Waals surface area contributed by atoms with Crippen molar-refractivity contribution < 1.29 is 4.79 Å². The van der Waals surface area contributed by atoms with E-state index in [2.05, 4.69) is 22.3 Å². The van der Waals surface area contributed by atoms with Crippen molar-refractivity contribution in [1.29, 1.82) is 0 Å². The second kappa shape index (κ2) is 5.19. The third-order valence-electron chi connectivity index (χ3n) is 1.81. The molecule has 2 N–H and O–H groups in total. The van der Waals surface area contributed by atoms with Crippen molar-refractivity contribution in [2.75, 3.05) is 11.9 Å². The summed E-state index contributed by atoms with van der Waals surface area (Å²) in [5.41, 5.74) is 0. The van der Waals surface area contributed by atoms with Crippen LogP contribution in [0, 0.1) is 0 Å². The van der Waals surface area contributed by atoms with Crippen molar-refractivity contribution in [3.05, 3.63) is 24.9 Å². The molecule has 0 saturated carbocycles. The molecule has 5 heteroatoms. The van der Waals surface area contributed by atoms with Crippen molar-refractivity contribution >= 4 is 11.8 Å². The lowest BCUT2D eigenvalue weighted by atomic mass is 10.4. The third-order valence-corrected chi connectivity index (χ3v) is 1.81. The van der Waals surface area contributed by atoms with Crippen LogP contribution in [0.15, 0.2) is 24.9 Å². The van der Waals surface area contributed by atoms with E-state index in [1.807, 2.05) is 13.8 Å². The van der Waals surface area contributed by atoms with Crippen LogP contribution < -0.4 is 10.6 Å². The van der Waals surface area contributed by atoms with Gasteiger partial charge in [-0.05, 0) is 13.8 Å². The van der Waals surface area contributed by atoms with Gasteiger partial charge in [-0.3, -0.25) is 5.32 Å². The van der Waals surface area contributed by atoms with E-state index in [0.717, 1.165) is 0 Å². The molecular weight excluding hydrogens is 192 g/mol. The smallest absolute Gasteiger partial charge is 0.320 e. The molecule has 0 aliphatic heterocycles. The summed E-state index contributed by atoms with van der Waals surface area (Å²) in [5.74, 6) is 0.687. The van der Waals surface area contributed by atoms with Gasteiger partial charge in [0.25, 0.3) is 0 Å². The quantitative estimate of drug-likeness (QED) is 0.741. The maximum atomic E-state index is 11.3. The Balaban J connectivity index is 2.59. The summed E-state index contributed by atoms with van der Waals surface area (Å²) < 4.78 is 1.74. The van der Waals surface area contributed by atoms with E-state index >= 15 is 0 Å². The Morgan fingerprint density at radius 2 is 2.47 bits per heavy atom. The second-order valence-corrected chi connectivity index (χ2v) is 3.38. The number of nitrogens with zero attached hydrogens (tertiary/aromatic N) is 2. The summed E-state index contributed by atoms with van der Waals surface area (Å²) in [4.78, 5) is 11.3. The Bertz CT molecular complexity index is 343. The van der Waals surface area contributed by atoms with Crippen molar-refractivity contribution in [3.63, 3.8) is 0 Å². The fourth-order valence-corrected chi connectivity index (χ4v) is 1.15. The first-order valence-electron chi connectivity index (χ1n) is 4.84. The average Bonchev–Trinajstić information content (AvgIpc) is 2.62. The highest BCUT2D eigenvalue weighted by Gasteiger charge is 2.07. The van der Waals surface area contributed by atoms with E-state index in [-0.39, 0.29) is 12.1 Å². The summed E-state index contributed by atoms with van der Waals surface area (Å²) in [6.07, 6.45) is 3.28. The normalized spacial score (nSPS) is 10.1. The van der Waals surface area contributed by atoms with Gasteiger partial charge in [0.1, 0.15) is 5.82 Å². The van der Waals surface area contributed by atoms with Crippen LogP contribution in [0.5, 0.6) is 0 Å². The van der Waals surface area contributed by atoms with Crippen LogP contribution in [0.4, 0.5) is 10.6 Å². The topological polar surface area (TPSA) is 59.0 Å². The summed E-state index contributed by atoms with van der Waals surface area (Å²) in [7, 11) is 0. The predicted octanol–water partition coefficient (Wildman–Crippen LogP) is 1.77. The molecule has 0 saturated heterocycles. The average molecular weight is 208 g/mol. The number of anilines is 1. The van der Waals surface area contributed by atoms with Crippen LogP contribution in [0.1, 0.15) is 19.9 Å². The Kier molecular flexibility index (Phi) is 3.91. The highest BCUT2D eigenvalue weighted by Crippen LogP contribution is 2.12. The number of rotatable bonds is 4. The SMILES string of the molecule is C=CCNC(=O)Nc1ccnn1C(C)C. The van der Waals surface area contributed by atoms with E-state index in [4.69, 9.17) is 0 Å². The van der Waals surface area contributed by atoms with Crippen LogP contribution in [-0.2, 0) is 0 Å². The fourth-order valence-electron chi connectivity index (χ4n) is 1.15. The molecule has 2 amide bonds. The molecule has 0 aliphatic carbocycles. The Hall–Kier alpha value is -1.78. The van der Waals surface area contributed by atoms with Gasteiger partial charge in [0.15, 0.2) is 0 Å². The minimum atomic E-state index is -0.252. The molecule has 1 aromatic heterocycles. The van der Waals surface area contributed by atoms with Crippen molar-refractivity contribution in [2.24, 2.45) is 0 Å². The Labute approximate surface area is 89.2 Å². The lowest BCUT2D eigenvalue weighted by Crippen LogP contribution is -2.29. The molecule has 0 bridgehead atoms. The number of hydrogen-bond donors (Lipinski definition) is 2. The van der Waals surface area contributed by atoms with Gasteiger partial charge in [0.05, 0.1) is 6.20 Å². The Morgan fingerprint density at radius 3 is 3.07 bits per heavy atom. The van der Waals surface area contributed by atoms with Crippen molar-refractivity contribution in [3.8, 4) is 0 Å². The van der Waals surface area contributed by atoms with Crippen LogP contribution in [0.2, 0.25) is 0 Å². The van der Waals surface area contributed by atoms with Crippen LogP contribution in [0.25, 0.3) is 0 Å². The van der Waals surface area contributed by atoms with Gasteiger partial charge in [-0.2, -0.15) is 5.10 Å². The van der Waals surface area contributed by atoms with Crippen molar-refractivity contribution in [1.82, 2.24) is 15.1 Å². The van der Waals surface area contributed by atoms with Gasteiger partial charge >= 0.3 is 6.03 Å². The Morgan fingerprint density at radius 1 is 1.73 bits per heavy atom. The molecule has 1 aromatic rings. The second-order valence-electron chi connectivity index (χ2n) is 3.38. The highest BCUT2D eigenvalue weighted by molar-refractivity contribution is 5.88. The number of carbonyl (C=O) groups excluding carboxylic acids is 1. The number of hydrogen-bond acceptors (Lipinski definition) is 2. The van der Waals surface area contributed by atoms with Gasteiger partial charge in [0, 0.05) is 18.7 Å². The monoisotopic (exact) mass is 208 g/mol. The van der Waals surface area contributed by atoms with E-state index in [0.29, 0.717) is 12.4 Å². The maximum Gasteiger partial charge on any atom is 0.320 e. The first-order chi connectivity index (χ1) is 7.15. The van der Waals surface area contributed by atoms with Gasteiger partial charge in [-0.15, -0.1) is 6.58 Å². The maximum absolute atomic E-state index is 11.3. The zero-order valence-electron chi connectivity index (χ0n) is 9.03. The first kappa shape index (κ1) is 11.3. The molecule has 0 radical (unpaired) electrons. The third kappa shape index (κ3) is 3.12. The minimum absolute atomic E-state index is 0.217. The molecule has 0 aromatic carbocycles. The lowest BCUT2D eigenvalue weighted by Gasteiger charge is -2.11. The van der Waals surface area contributed by atoms with Crippen LogP contribution in [0.3, 0.4) is 0 Å². The molecule has 1 heterocycles. The van der Waals surface area contributed by atoms with E-state index in [9.17, 15) is 4.79 Å². The summed E-state index contributed by atoms with van der Waals surface area (Å²) in [6, 6.07) is 1.72. The standard InChI is InChI=1S/C10H16N4O/c1-4-6-11-10(15)13-9-5-7-12-14(9)8(2)3/h4-5,7-8H,1,6H2,2-3H3,(H2,11,13,15). The zero-order valence-corrected chi connectivity index (χ0v) is 9.03.